The molecular formula is C21H20N2O3S. The van der Waals surface area contributed by atoms with Gasteiger partial charge in [0.05, 0.1) is 16.3 Å². The van der Waals surface area contributed by atoms with Crippen LogP contribution in [0.25, 0.3) is 11.3 Å². The summed E-state index contributed by atoms with van der Waals surface area (Å²) in [5.41, 5.74) is 4.78. The van der Waals surface area contributed by atoms with Gasteiger partial charge >= 0.3 is 5.97 Å². The van der Waals surface area contributed by atoms with Crippen molar-refractivity contribution < 1.29 is 14.3 Å². The summed E-state index contributed by atoms with van der Waals surface area (Å²) in [7, 11) is 0. The molecule has 0 atom stereocenters. The SMILES string of the molecule is Cc1ccc(C(=O)OCC(=O)Nc2cccc(-c3csc(C)n3)c2)c(C)c1. The minimum atomic E-state index is -0.505. The van der Waals surface area contributed by atoms with Gasteiger partial charge in [-0.05, 0) is 44.5 Å². The fourth-order valence-corrected chi connectivity index (χ4v) is 3.32. The standard InChI is InChI=1S/C21H20N2O3S/c1-13-7-8-18(14(2)9-13)21(25)26-11-20(24)23-17-6-4-5-16(10-17)19-12-27-15(3)22-19/h4-10,12H,11H2,1-3H3,(H,23,24). The first-order chi connectivity index (χ1) is 12.9. The van der Waals surface area contributed by atoms with Crippen molar-refractivity contribution in [1.29, 1.82) is 0 Å². The fraction of sp³-hybridized carbons (Fsp3) is 0.190. The average molecular weight is 380 g/mol. The number of anilines is 1. The van der Waals surface area contributed by atoms with Gasteiger partial charge in [0.15, 0.2) is 6.61 Å². The number of nitrogens with zero attached hydrogens (tertiary/aromatic N) is 1. The zero-order chi connectivity index (χ0) is 19.4. The van der Waals surface area contributed by atoms with Gasteiger partial charge < -0.3 is 10.1 Å². The predicted octanol–water partition coefficient (Wildman–Crippen LogP) is 4.53. The minimum Gasteiger partial charge on any atom is -0.452 e. The number of carbonyl (C=O) groups is 2. The third kappa shape index (κ3) is 4.80. The molecule has 0 saturated carbocycles. The second-order valence-corrected chi connectivity index (χ2v) is 7.34. The second-order valence-electron chi connectivity index (χ2n) is 6.28. The first kappa shape index (κ1) is 18.8. The van der Waals surface area contributed by atoms with Crippen LogP contribution in [0.15, 0.2) is 47.8 Å². The van der Waals surface area contributed by atoms with Crippen molar-refractivity contribution in [2.45, 2.75) is 20.8 Å². The van der Waals surface area contributed by atoms with Crippen LogP contribution < -0.4 is 5.32 Å². The second kappa shape index (κ2) is 8.14. The summed E-state index contributed by atoms with van der Waals surface area (Å²) >= 11 is 1.57. The van der Waals surface area contributed by atoms with Crippen LogP contribution in [0.3, 0.4) is 0 Å². The number of amides is 1. The number of aromatic nitrogens is 1. The molecule has 3 aromatic rings. The van der Waals surface area contributed by atoms with E-state index in [9.17, 15) is 9.59 Å². The zero-order valence-corrected chi connectivity index (χ0v) is 16.2. The van der Waals surface area contributed by atoms with Gasteiger partial charge in [-0.3, -0.25) is 4.79 Å². The Kier molecular flexibility index (Phi) is 5.66. The minimum absolute atomic E-state index is 0.341. The van der Waals surface area contributed by atoms with Crippen LogP contribution in [-0.2, 0) is 9.53 Å². The molecule has 0 fully saturated rings. The summed E-state index contributed by atoms with van der Waals surface area (Å²) in [5.74, 6) is -0.894. The number of ether oxygens (including phenoxy) is 1. The molecule has 0 aliphatic carbocycles. The van der Waals surface area contributed by atoms with Crippen molar-refractivity contribution in [2.24, 2.45) is 0 Å². The van der Waals surface area contributed by atoms with E-state index in [-0.39, 0.29) is 12.5 Å². The first-order valence-corrected chi connectivity index (χ1v) is 9.37. The number of aryl methyl sites for hydroxylation is 3. The Morgan fingerprint density at radius 3 is 2.63 bits per heavy atom. The highest BCUT2D eigenvalue weighted by molar-refractivity contribution is 7.09. The van der Waals surface area contributed by atoms with Crippen LogP contribution >= 0.6 is 11.3 Å². The highest BCUT2D eigenvalue weighted by atomic mass is 32.1. The lowest BCUT2D eigenvalue weighted by atomic mass is 10.1. The first-order valence-electron chi connectivity index (χ1n) is 8.49. The molecule has 1 N–H and O–H groups in total. The Morgan fingerprint density at radius 2 is 1.93 bits per heavy atom. The molecular weight excluding hydrogens is 360 g/mol. The Hall–Kier alpha value is -2.99. The topological polar surface area (TPSA) is 68.3 Å². The molecule has 5 nitrogen and oxygen atoms in total. The highest BCUT2D eigenvalue weighted by Gasteiger charge is 2.13. The largest absolute Gasteiger partial charge is 0.452 e. The average Bonchev–Trinajstić information content (AvgIpc) is 3.06. The van der Waals surface area contributed by atoms with E-state index in [1.165, 1.54) is 0 Å². The lowest BCUT2D eigenvalue weighted by molar-refractivity contribution is -0.119. The lowest BCUT2D eigenvalue weighted by Gasteiger charge is -2.09. The van der Waals surface area contributed by atoms with Crippen molar-refractivity contribution in [3.05, 3.63) is 69.5 Å². The van der Waals surface area contributed by atoms with Crippen LogP contribution in [0.2, 0.25) is 0 Å². The molecule has 0 bridgehead atoms. The van der Waals surface area contributed by atoms with E-state index in [4.69, 9.17) is 4.74 Å². The Balaban J connectivity index is 1.60. The Bertz CT molecular complexity index is 995. The van der Waals surface area contributed by atoms with Crippen molar-refractivity contribution >= 4 is 28.9 Å². The van der Waals surface area contributed by atoms with Crippen LogP contribution in [-0.4, -0.2) is 23.5 Å². The van der Waals surface area contributed by atoms with Crippen LogP contribution in [0.1, 0.15) is 26.5 Å². The molecule has 0 aliphatic rings. The molecule has 0 saturated heterocycles. The van der Waals surface area contributed by atoms with Gasteiger partial charge in [-0.1, -0.05) is 29.8 Å². The number of nitrogens with one attached hydrogen (secondary N) is 1. The van der Waals surface area contributed by atoms with Crippen molar-refractivity contribution in [3.63, 3.8) is 0 Å². The van der Waals surface area contributed by atoms with E-state index in [1.54, 1.807) is 23.5 Å². The van der Waals surface area contributed by atoms with Crippen molar-refractivity contribution in [1.82, 2.24) is 4.98 Å². The van der Waals surface area contributed by atoms with E-state index in [0.29, 0.717) is 11.3 Å². The quantitative estimate of drug-likeness (QED) is 0.660. The van der Waals surface area contributed by atoms with E-state index in [2.05, 4.69) is 10.3 Å². The van der Waals surface area contributed by atoms with Gasteiger partial charge in [0, 0.05) is 16.6 Å². The maximum absolute atomic E-state index is 12.2. The van der Waals surface area contributed by atoms with Gasteiger partial charge in [-0.25, -0.2) is 9.78 Å². The van der Waals surface area contributed by atoms with Crippen LogP contribution in [0.5, 0.6) is 0 Å². The molecule has 1 aromatic heterocycles. The monoisotopic (exact) mass is 380 g/mol. The summed E-state index contributed by atoms with van der Waals surface area (Å²) in [5, 5.41) is 5.71. The van der Waals surface area contributed by atoms with Gasteiger partial charge in [-0.15, -0.1) is 11.3 Å². The molecule has 0 spiro atoms. The zero-order valence-electron chi connectivity index (χ0n) is 15.4. The summed E-state index contributed by atoms with van der Waals surface area (Å²) in [6, 6.07) is 12.9. The number of benzene rings is 2. The summed E-state index contributed by atoms with van der Waals surface area (Å²) < 4.78 is 5.14. The number of hydrogen-bond acceptors (Lipinski definition) is 5. The number of rotatable bonds is 5. The van der Waals surface area contributed by atoms with Gasteiger partial charge in [0.2, 0.25) is 0 Å². The van der Waals surface area contributed by atoms with E-state index in [1.807, 2.05) is 56.5 Å². The molecule has 6 heteroatoms. The molecule has 27 heavy (non-hydrogen) atoms. The Labute approximate surface area is 162 Å². The third-order valence-electron chi connectivity index (χ3n) is 4.00. The smallest absolute Gasteiger partial charge is 0.338 e. The summed E-state index contributed by atoms with van der Waals surface area (Å²) in [4.78, 5) is 28.7. The Morgan fingerprint density at radius 1 is 1.11 bits per heavy atom. The fourth-order valence-electron chi connectivity index (χ4n) is 2.70. The van der Waals surface area contributed by atoms with Gasteiger partial charge in [0.1, 0.15) is 0 Å². The van der Waals surface area contributed by atoms with E-state index in [0.717, 1.165) is 27.4 Å². The number of thiazole rings is 1. The summed E-state index contributed by atoms with van der Waals surface area (Å²) in [6.07, 6.45) is 0. The van der Waals surface area contributed by atoms with Gasteiger partial charge in [-0.2, -0.15) is 0 Å². The van der Waals surface area contributed by atoms with Crippen LogP contribution in [0, 0.1) is 20.8 Å². The van der Waals surface area contributed by atoms with Gasteiger partial charge in [0.25, 0.3) is 5.91 Å². The third-order valence-corrected chi connectivity index (χ3v) is 4.77. The lowest BCUT2D eigenvalue weighted by Crippen LogP contribution is -2.21. The molecule has 2 aromatic carbocycles. The molecule has 1 amide bonds. The van der Waals surface area contributed by atoms with E-state index < -0.39 is 5.97 Å². The summed E-state index contributed by atoms with van der Waals surface area (Å²) in [6.45, 7) is 5.40. The van der Waals surface area contributed by atoms with E-state index >= 15 is 0 Å². The predicted molar refractivity (Wildman–Crippen MR) is 107 cm³/mol. The molecule has 3 rings (SSSR count). The maximum Gasteiger partial charge on any atom is 0.338 e. The highest BCUT2D eigenvalue weighted by Crippen LogP contribution is 2.24. The normalized spacial score (nSPS) is 10.5. The molecule has 0 unspecified atom stereocenters. The van der Waals surface area contributed by atoms with Crippen LogP contribution in [0.4, 0.5) is 5.69 Å². The molecule has 0 radical (unpaired) electrons. The number of hydrogen-bond donors (Lipinski definition) is 1. The molecule has 0 aliphatic heterocycles. The van der Waals surface area contributed by atoms with Crippen molar-refractivity contribution in [3.8, 4) is 11.3 Å². The number of esters is 1. The molecule has 1 heterocycles. The number of carbonyl (C=O) groups excluding carboxylic acids is 2. The maximum atomic E-state index is 12.2. The molecule has 138 valence electrons. The van der Waals surface area contributed by atoms with Crippen molar-refractivity contribution in [2.75, 3.05) is 11.9 Å².